The van der Waals surface area contributed by atoms with Gasteiger partial charge in [-0.05, 0) is 11.6 Å². The van der Waals surface area contributed by atoms with E-state index in [9.17, 15) is 9.59 Å². The molecule has 3 rings (SSSR count). The molecule has 0 saturated heterocycles. The van der Waals surface area contributed by atoms with Crippen LogP contribution in [0.4, 0.5) is 10.8 Å². The Morgan fingerprint density at radius 2 is 2.18 bits per heavy atom. The number of carbonyl (C=O) groups is 2. The number of benzene rings is 1. The molecule has 22 heavy (non-hydrogen) atoms. The average Bonchev–Trinajstić information content (AvgIpc) is 2.96. The number of hydrogen-bond donors (Lipinski definition) is 1. The maximum absolute atomic E-state index is 12.4. The number of fused-ring (bicyclic) bond motifs is 1. The number of hydrogen-bond acceptors (Lipinski definition) is 4. The zero-order chi connectivity index (χ0) is 15.7. The van der Waals surface area contributed by atoms with Crippen LogP contribution >= 0.6 is 11.3 Å². The fraction of sp³-hybridized carbons (Fsp3) is 0.312. The first kappa shape index (κ1) is 14.7. The summed E-state index contributed by atoms with van der Waals surface area (Å²) in [5, 5.41) is 5.05. The molecule has 0 radical (unpaired) electrons. The van der Waals surface area contributed by atoms with E-state index in [0.717, 1.165) is 11.3 Å². The second-order valence-electron chi connectivity index (χ2n) is 5.94. The number of carbonyl (C=O) groups excluding carboxylic acids is 2. The van der Waals surface area contributed by atoms with Crippen molar-refractivity contribution >= 4 is 34.0 Å². The van der Waals surface area contributed by atoms with Crippen LogP contribution in [-0.4, -0.2) is 23.3 Å². The van der Waals surface area contributed by atoms with E-state index in [4.69, 9.17) is 0 Å². The van der Waals surface area contributed by atoms with Gasteiger partial charge in [-0.25, -0.2) is 4.98 Å². The predicted molar refractivity (Wildman–Crippen MR) is 87.2 cm³/mol. The maximum Gasteiger partial charge on any atom is 0.246 e. The Balaban J connectivity index is 1.84. The van der Waals surface area contributed by atoms with Crippen LogP contribution in [-0.2, 0) is 15.0 Å². The molecule has 1 aromatic heterocycles. The van der Waals surface area contributed by atoms with E-state index in [0.29, 0.717) is 11.6 Å². The van der Waals surface area contributed by atoms with Gasteiger partial charge < -0.3 is 10.2 Å². The summed E-state index contributed by atoms with van der Waals surface area (Å²) in [6, 6.07) is 7.77. The normalized spacial score (nSPS) is 16.3. The first-order chi connectivity index (χ1) is 10.5. The molecule has 0 unspecified atom stereocenters. The third-order valence-corrected chi connectivity index (χ3v) is 4.49. The minimum Gasteiger partial charge on any atom is -0.303 e. The van der Waals surface area contributed by atoms with Crippen LogP contribution in [0.1, 0.15) is 25.8 Å². The van der Waals surface area contributed by atoms with Crippen molar-refractivity contribution in [2.45, 2.75) is 25.7 Å². The molecule has 114 valence electrons. The van der Waals surface area contributed by atoms with Crippen molar-refractivity contribution in [1.29, 1.82) is 0 Å². The highest BCUT2D eigenvalue weighted by molar-refractivity contribution is 7.13. The van der Waals surface area contributed by atoms with Crippen molar-refractivity contribution in [2.24, 2.45) is 0 Å². The minimum absolute atomic E-state index is 0.00546. The molecule has 0 saturated carbocycles. The molecule has 0 aliphatic carbocycles. The molecule has 1 aliphatic heterocycles. The number of amides is 2. The van der Waals surface area contributed by atoms with E-state index in [1.54, 1.807) is 16.5 Å². The molecule has 2 heterocycles. The first-order valence-electron chi connectivity index (χ1n) is 7.06. The Morgan fingerprint density at radius 1 is 1.41 bits per heavy atom. The average molecular weight is 315 g/mol. The van der Waals surface area contributed by atoms with E-state index >= 15 is 0 Å². The number of aromatic nitrogens is 1. The van der Waals surface area contributed by atoms with E-state index in [1.807, 2.05) is 24.3 Å². The lowest BCUT2D eigenvalue weighted by Crippen LogP contribution is -2.45. The highest BCUT2D eigenvalue weighted by Gasteiger charge is 2.36. The summed E-state index contributed by atoms with van der Waals surface area (Å²) < 4.78 is 0. The molecule has 6 heteroatoms. The monoisotopic (exact) mass is 315 g/mol. The molecular formula is C16H17N3O2S. The van der Waals surface area contributed by atoms with E-state index in [-0.39, 0.29) is 23.8 Å². The Bertz CT molecular complexity index is 710. The third kappa shape index (κ3) is 2.74. The van der Waals surface area contributed by atoms with Gasteiger partial charge in [0.2, 0.25) is 11.8 Å². The summed E-state index contributed by atoms with van der Waals surface area (Å²) in [6.45, 7) is 4.11. The van der Waals surface area contributed by atoms with Gasteiger partial charge in [0.15, 0.2) is 5.13 Å². The zero-order valence-electron chi connectivity index (χ0n) is 12.5. The van der Waals surface area contributed by atoms with Gasteiger partial charge in [-0.2, -0.15) is 0 Å². The van der Waals surface area contributed by atoms with Crippen LogP contribution in [0.25, 0.3) is 0 Å². The standard InChI is InChI=1S/C16H17N3O2S/c1-16(2)9-14(21)19(12-6-4-3-5-11(12)16)10-13(20)18-15-17-7-8-22-15/h3-8H,9-10H2,1-2H3,(H,17,18,20). The molecule has 0 bridgehead atoms. The zero-order valence-corrected chi connectivity index (χ0v) is 13.3. The summed E-state index contributed by atoms with van der Waals surface area (Å²) >= 11 is 1.35. The quantitative estimate of drug-likeness (QED) is 0.947. The smallest absolute Gasteiger partial charge is 0.246 e. The molecule has 0 atom stereocenters. The van der Waals surface area contributed by atoms with E-state index < -0.39 is 0 Å². The summed E-state index contributed by atoms with van der Waals surface area (Å²) in [7, 11) is 0. The summed E-state index contributed by atoms with van der Waals surface area (Å²) in [5.41, 5.74) is 1.70. The fourth-order valence-electron chi connectivity index (χ4n) is 2.75. The molecule has 1 N–H and O–H groups in total. The van der Waals surface area contributed by atoms with Crippen molar-refractivity contribution in [1.82, 2.24) is 4.98 Å². The van der Waals surface area contributed by atoms with Crippen LogP contribution in [0.3, 0.4) is 0 Å². The second kappa shape index (κ2) is 5.53. The maximum atomic E-state index is 12.4. The summed E-state index contributed by atoms with van der Waals surface area (Å²) in [6.07, 6.45) is 2.03. The summed E-state index contributed by atoms with van der Waals surface area (Å²) in [5.74, 6) is -0.268. The molecule has 1 aliphatic rings. The number of anilines is 2. The predicted octanol–water partition coefficient (Wildman–Crippen LogP) is 2.80. The number of nitrogens with one attached hydrogen (secondary N) is 1. The number of para-hydroxylation sites is 1. The van der Waals surface area contributed by atoms with Gasteiger partial charge in [-0.15, -0.1) is 11.3 Å². The molecular weight excluding hydrogens is 298 g/mol. The number of rotatable bonds is 3. The number of nitrogens with zero attached hydrogens (tertiary/aromatic N) is 2. The van der Waals surface area contributed by atoms with Crippen molar-refractivity contribution in [3.05, 3.63) is 41.4 Å². The molecule has 0 fully saturated rings. The molecule has 2 aromatic rings. The largest absolute Gasteiger partial charge is 0.303 e. The Hall–Kier alpha value is -2.21. The van der Waals surface area contributed by atoms with Crippen molar-refractivity contribution in [3.8, 4) is 0 Å². The SMILES string of the molecule is CC1(C)CC(=O)N(CC(=O)Nc2nccs2)c2ccccc21. The first-order valence-corrected chi connectivity index (χ1v) is 7.94. The van der Waals surface area contributed by atoms with Crippen LogP contribution in [0.2, 0.25) is 0 Å². The van der Waals surface area contributed by atoms with Crippen LogP contribution in [0.5, 0.6) is 0 Å². The van der Waals surface area contributed by atoms with Gasteiger partial charge in [0.05, 0.1) is 0 Å². The molecule has 0 spiro atoms. The minimum atomic E-state index is -0.238. The Labute approximate surface area is 133 Å². The van der Waals surface area contributed by atoms with Gasteiger partial charge in [0.1, 0.15) is 6.54 Å². The van der Waals surface area contributed by atoms with Gasteiger partial charge in [-0.3, -0.25) is 9.59 Å². The summed E-state index contributed by atoms with van der Waals surface area (Å²) in [4.78, 5) is 30.2. The van der Waals surface area contributed by atoms with Crippen LogP contribution in [0.15, 0.2) is 35.8 Å². The third-order valence-electron chi connectivity index (χ3n) is 3.80. The topological polar surface area (TPSA) is 62.3 Å². The highest BCUT2D eigenvalue weighted by Crippen LogP contribution is 2.39. The lowest BCUT2D eigenvalue weighted by Gasteiger charge is -2.38. The van der Waals surface area contributed by atoms with Gasteiger partial charge in [-0.1, -0.05) is 32.0 Å². The van der Waals surface area contributed by atoms with Crippen molar-refractivity contribution in [3.63, 3.8) is 0 Å². The Morgan fingerprint density at radius 3 is 2.91 bits per heavy atom. The van der Waals surface area contributed by atoms with Gasteiger partial charge in [0.25, 0.3) is 0 Å². The molecule has 2 amide bonds. The number of thiazole rings is 1. The van der Waals surface area contributed by atoms with Crippen LogP contribution < -0.4 is 10.2 Å². The van der Waals surface area contributed by atoms with Gasteiger partial charge >= 0.3 is 0 Å². The second-order valence-corrected chi connectivity index (χ2v) is 6.84. The van der Waals surface area contributed by atoms with Crippen LogP contribution in [0, 0.1) is 0 Å². The van der Waals surface area contributed by atoms with E-state index in [2.05, 4.69) is 24.1 Å². The molecule has 1 aromatic carbocycles. The van der Waals surface area contributed by atoms with Gasteiger partial charge in [0, 0.05) is 29.1 Å². The fourth-order valence-corrected chi connectivity index (χ4v) is 3.29. The molecule has 5 nitrogen and oxygen atoms in total. The lowest BCUT2D eigenvalue weighted by molar-refractivity contribution is -0.122. The highest BCUT2D eigenvalue weighted by atomic mass is 32.1. The van der Waals surface area contributed by atoms with E-state index in [1.165, 1.54) is 11.3 Å². The Kier molecular flexibility index (Phi) is 3.70. The van der Waals surface area contributed by atoms with Crippen molar-refractivity contribution < 1.29 is 9.59 Å². The van der Waals surface area contributed by atoms with Crippen molar-refractivity contribution in [2.75, 3.05) is 16.8 Å². The lowest BCUT2D eigenvalue weighted by atomic mass is 9.77.